The van der Waals surface area contributed by atoms with Crippen molar-refractivity contribution in [1.82, 2.24) is 0 Å². The number of rotatable bonds is 4. The van der Waals surface area contributed by atoms with E-state index in [4.69, 9.17) is 14.9 Å². The Morgan fingerprint density at radius 1 is 1.50 bits per heavy atom. The number of carbonyl (C=O) groups is 2. The van der Waals surface area contributed by atoms with E-state index in [0.29, 0.717) is 6.29 Å². The number of aliphatic carboxylic acids is 1. The first kappa shape index (κ1) is 10.0. The van der Waals surface area contributed by atoms with Crippen LogP contribution < -0.4 is 4.74 Å². The highest BCUT2D eigenvalue weighted by molar-refractivity contribution is 5.79. The number of aldehydes is 1. The summed E-state index contributed by atoms with van der Waals surface area (Å²) in [6.07, 6.45) is 0.461. The number of phenols is 1. The van der Waals surface area contributed by atoms with Crippen LogP contribution in [0.2, 0.25) is 0 Å². The molecule has 14 heavy (non-hydrogen) atoms. The van der Waals surface area contributed by atoms with E-state index in [-0.39, 0.29) is 17.1 Å². The Hall–Kier alpha value is -2.04. The number of carboxylic acid groups (broad SMARTS) is 1. The number of aromatic hydroxyl groups is 1. The van der Waals surface area contributed by atoms with Crippen molar-refractivity contribution in [2.45, 2.75) is 0 Å². The van der Waals surface area contributed by atoms with Gasteiger partial charge in [0.15, 0.2) is 12.9 Å². The lowest BCUT2D eigenvalue weighted by Gasteiger charge is -2.04. The third kappa shape index (κ3) is 2.48. The number of hydrogen-bond acceptors (Lipinski definition) is 4. The molecule has 1 rings (SSSR count). The molecule has 0 saturated heterocycles. The molecular formula is C9H8O5. The van der Waals surface area contributed by atoms with Gasteiger partial charge in [-0.15, -0.1) is 0 Å². The first-order chi connectivity index (χ1) is 6.63. The number of benzene rings is 1. The number of phenolic OH excluding ortho intramolecular Hbond substituents is 1. The van der Waals surface area contributed by atoms with E-state index in [1.807, 2.05) is 0 Å². The van der Waals surface area contributed by atoms with E-state index in [2.05, 4.69) is 0 Å². The second-order valence-electron chi connectivity index (χ2n) is 2.52. The Bertz CT molecular complexity index is 358. The molecule has 0 saturated carbocycles. The van der Waals surface area contributed by atoms with Crippen LogP contribution in [0.25, 0.3) is 0 Å². The summed E-state index contributed by atoms with van der Waals surface area (Å²) >= 11 is 0. The zero-order valence-corrected chi connectivity index (χ0v) is 7.14. The van der Waals surface area contributed by atoms with E-state index in [1.54, 1.807) is 0 Å². The van der Waals surface area contributed by atoms with Crippen molar-refractivity contribution >= 4 is 12.3 Å². The average Bonchev–Trinajstić information content (AvgIpc) is 2.16. The summed E-state index contributed by atoms with van der Waals surface area (Å²) in [5, 5.41) is 17.4. The lowest BCUT2D eigenvalue weighted by Crippen LogP contribution is -2.09. The minimum Gasteiger partial charge on any atom is -0.507 e. The van der Waals surface area contributed by atoms with Crippen molar-refractivity contribution < 1.29 is 24.5 Å². The Labute approximate surface area is 79.6 Å². The molecule has 0 aromatic heterocycles. The molecule has 0 heterocycles. The van der Waals surface area contributed by atoms with Crippen molar-refractivity contribution in [3.05, 3.63) is 23.8 Å². The Kier molecular flexibility index (Phi) is 3.06. The van der Waals surface area contributed by atoms with Crippen LogP contribution in [-0.2, 0) is 4.79 Å². The summed E-state index contributed by atoms with van der Waals surface area (Å²) in [6, 6.07) is 3.91. The molecular weight excluding hydrogens is 188 g/mol. The maximum Gasteiger partial charge on any atom is 0.341 e. The van der Waals surface area contributed by atoms with Gasteiger partial charge in [-0.1, -0.05) is 0 Å². The van der Waals surface area contributed by atoms with Gasteiger partial charge in [-0.2, -0.15) is 0 Å². The molecule has 0 aliphatic heterocycles. The summed E-state index contributed by atoms with van der Waals surface area (Å²) in [6.45, 7) is -0.483. The molecule has 5 nitrogen and oxygen atoms in total. The fourth-order valence-electron chi connectivity index (χ4n) is 0.862. The van der Waals surface area contributed by atoms with Gasteiger partial charge in [0.05, 0.1) is 5.56 Å². The fourth-order valence-corrected chi connectivity index (χ4v) is 0.862. The number of carboxylic acids is 1. The molecule has 0 aliphatic carbocycles. The topological polar surface area (TPSA) is 83.8 Å². The van der Waals surface area contributed by atoms with Gasteiger partial charge in [0, 0.05) is 0 Å². The molecule has 1 aromatic carbocycles. The van der Waals surface area contributed by atoms with Crippen molar-refractivity contribution in [2.75, 3.05) is 6.61 Å². The quantitative estimate of drug-likeness (QED) is 0.691. The van der Waals surface area contributed by atoms with Crippen molar-refractivity contribution in [2.24, 2.45) is 0 Å². The minimum atomic E-state index is -1.11. The van der Waals surface area contributed by atoms with Gasteiger partial charge in [0.1, 0.15) is 11.5 Å². The van der Waals surface area contributed by atoms with Crippen LogP contribution in [0, 0.1) is 0 Å². The van der Waals surface area contributed by atoms with E-state index in [1.165, 1.54) is 18.2 Å². The smallest absolute Gasteiger partial charge is 0.341 e. The molecule has 5 heteroatoms. The highest BCUT2D eigenvalue weighted by Crippen LogP contribution is 2.21. The van der Waals surface area contributed by atoms with Crippen LogP contribution >= 0.6 is 0 Å². The maximum atomic E-state index is 10.4. The van der Waals surface area contributed by atoms with Gasteiger partial charge in [0.25, 0.3) is 0 Å². The van der Waals surface area contributed by atoms with Crippen LogP contribution in [0.4, 0.5) is 0 Å². The zero-order chi connectivity index (χ0) is 10.6. The highest BCUT2D eigenvalue weighted by atomic mass is 16.5. The van der Waals surface area contributed by atoms with Crippen LogP contribution in [0.5, 0.6) is 11.5 Å². The standard InChI is InChI=1S/C9H8O5/c10-4-6-3-7(1-2-8(6)11)14-5-9(12)13/h1-4,11H,5H2,(H,12,13). The second-order valence-corrected chi connectivity index (χ2v) is 2.52. The summed E-state index contributed by atoms with van der Waals surface area (Å²) in [5.41, 5.74) is 0.0629. The van der Waals surface area contributed by atoms with E-state index in [9.17, 15) is 9.59 Å². The Morgan fingerprint density at radius 2 is 2.21 bits per heavy atom. The Morgan fingerprint density at radius 3 is 2.79 bits per heavy atom. The lowest BCUT2D eigenvalue weighted by molar-refractivity contribution is -0.139. The third-order valence-corrected chi connectivity index (χ3v) is 1.49. The lowest BCUT2D eigenvalue weighted by atomic mass is 10.2. The number of hydrogen-bond donors (Lipinski definition) is 2. The molecule has 0 atom stereocenters. The van der Waals surface area contributed by atoms with Crippen molar-refractivity contribution in [3.8, 4) is 11.5 Å². The molecule has 1 aromatic rings. The van der Waals surface area contributed by atoms with Crippen LogP contribution in [-0.4, -0.2) is 29.1 Å². The van der Waals surface area contributed by atoms with Crippen LogP contribution in [0.15, 0.2) is 18.2 Å². The van der Waals surface area contributed by atoms with E-state index >= 15 is 0 Å². The summed E-state index contributed by atoms with van der Waals surface area (Å²) < 4.78 is 4.80. The summed E-state index contributed by atoms with van der Waals surface area (Å²) in [4.78, 5) is 20.5. The molecule has 0 aliphatic rings. The fraction of sp³-hybridized carbons (Fsp3) is 0.111. The van der Waals surface area contributed by atoms with Gasteiger partial charge in [-0.25, -0.2) is 4.79 Å². The SMILES string of the molecule is O=Cc1cc(OCC(=O)O)ccc1O. The molecule has 0 fully saturated rings. The average molecular weight is 196 g/mol. The first-order valence-electron chi connectivity index (χ1n) is 3.76. The second kappa shape index (κ2) is 4.27. The van der Waals surface area contributed by atoms with E-state index in [0.717, 1.165) is 0 Å². The summed E-state index contributed by atoms with van der Waals surface area (Å²) in [7, 11) is 0. The van der Waals surface area contributed by atoms with Crippen molar-refractivity contribution in [3.63, 3.8) is 0 Å². The molecule has 0 unspecified atom stereocenters. The molecule has 74 valence electrons. The monoisotopic (exact) mass is 196 g/mol. The van der Waals surface area contributed by atoms with Gasteiger partial charge in [0.2, 0.25) is 0 Å². The molecule has 0 bridgehead atoms. The van der Waals surface area contributed by atoms with E-state index < -0.39 is 12.6 Å². The minimum absolute atomic E-state index is 0.0629. The molecule has 0 spiro atoms. The highest BCUT2D eigenvalue weighted by Gasteiger charge is 2.03. The predicted octanol–water partition coefficient (Wildman–Crippen LogP) is 0.668. The van der Waals surface area contributed by atoms with Gasteiger partial charge in [-0.05, 0) is 18.2 Å². The van der Waals surface area contributed by atoms with Crippen LogP contribution in [0.1, 0.15) is 10.4 Å². The number of ether oxygens (including phenoxy) is 1. The first-order valence-corrected chi connectivity index (χ1v) is 3.76. The van der Waals surface area contributed by atoms with Gasteiger partial charge < -0.3 is 14.9 Å². The Balaban J connectivity index is 2.79. The number of carbonyl (C=O) groups excluding carboxylic acids is 1. The zero-order valence-electron chi connectivity index (χ0n) is 7.14. The van der Waals surface area contributed by atoms with Crippen LogP contribution in [0.3, 0.4) is 0 Å². The molecule has 0 radical (unpaired) electrons. The third-order valence-electron chi connectivity index (χ3n) is 1.49. The largest absolute Gasteiger partial charge is 0.507 e. The predicted molar refractivity (Wildman–Crippen MR) is 46.6 cm³/mol. The normalized spacial score (nSPS) is 9.43. The van der Waals surface area contributed by atoms with Crippen molar-refractivity contribution in [1.29, 1.82) is 0 Å². The maximum absolute atomic E-state index is 10.4. The van der Waals surface area contributed by atoms with Gasteiger partial charge >= 0.3 is 5.97 Å². The molecule has 0 amide bonds. The summed E-state index contributed by atoms with van der Waals surface area (Å²) in [5.74, 6) is -1.04. The van der Waals surface area contributed by atoms with Gasteiger partial charge in [-0.3, -0.25) is 4.79 Å². The molecule has 2 N–H and O–H groups in total.